The van der Waals surface area contributed by atoms with Crippen LogP contribution in [0.4, 0.5) is 0 Å². The molecule has 2 rings (SSSR count). The largest absolute Gasteiger partial charge is 0.493 e. The molecule has 0 unspecified atom stereocenters. The Hall–Kier alpha value is -1.02. The molecule has 0 aromatic heterocycles. The van der Waals surface area contributed by atoms with Crippen molar-refractivity contribution in [1.82, 2.24) is 0 Å². The summed E-state index contributed by atoms with van der Waals surface area (Å²) in [6.07, 6.45) is 6.47. The highest BCUT2D eigenvalue weighted by molar-refractivity contribution is 6.32. The number of aryl methyl sites for hydroxylation is 1. The smallest absolute Gasteiger partial charge is 0.169 e. The highest BCUT2D eigenvalue weighted by atomic mass is 35.5. The third-order valence-electron chi connectivity index (χ3n) is 4.33. The van der Waals surface area contributed by atoms with Crippen molar-refractivity contribution in [2.24, 2.45) is 5.92 Å². The van der Waals surface area contributed by atoms with E-state index in [1.54, 1.807) is 0 Å². The van der Waals surface area contributed by atoms with Gasteiger partial charge in [0.1, 0.15) is 5.75 Å². The predicted molar refractivity (Wildman–Crippen MR) is 87.6 cm³/mol. The molecule has 0 spiro atoms. The van der Waals surface area contributed by atoms with Gasteiger partial charge in [-0.1, -0.05) is 37.8 Å². The van der Waals surface area contributed by atoms with Crippen LogP contribution < -0.4 is 4.74 Å². The normalized spacial score (nSPS) is 16.0. The van der Waals surface area contributed by atoms with Gasteiger partial charge in [0.25, 0.3) is 0 Å². The Kier molecular flexibility index (Phi) is 5.69. The minimum absolute atomic E-state index is 0.139. The lowest BCUT2D eigenvalue weighted by Gasteiger charge is -2.23. The van der Waals surface area contributed by atoms with Crippen LogP contribution in [0, 0.1) is 19.8 Å². The maximum atomic E-state index is 12.9. The molecule has 0 atom stereocenters. The summed E-state index contributed by atoms with van der Waals surface area (Å²) in [7, 11) is 0. The Morgan fingerprint density at radius 2 is 1.95 bits per heavy atom. The quantitative estimate of drug-likeness (QED) is 0.670. The van der Waals surface area contributed by atoms with Crippen LogP contribution >= 0.6 is 11.6 Å². The van der Waals surface area contributed by atoms with Gasteiger partial charge in [-0.2, -0.15) is 0 Å². The van der Waals surface area contributed by atoms with Crippen LogP contribution in [-0.2, 0) is 0 Å². The van der Waals surface area contributed by atoms with Crippen LogP contribution in [0.3, 0.4) is 0 Å². The van der Waals surface area contributed by atoms with Gasteiger partial charge >= 0.3 is 0 Å². The van der Waals surface area contributed by atoms with Gasteiger partial charge in [-0.15, -0.1) is 0 Å². The third kappa shape index (κ3) is 3.60. The molecule has 1 aliphatic rings. The van der Waals surface area contributed by atoms with Crippen molar-refractivity contribution in [3.8, 4) is 5.75 Å². The summed E-state index contributed by atoms with van der Waals surface area (Å²) in [5.41, 5.74) is 2.56. The molecule has 0 amide bonds. The van der Waals surface area contributed by atoms with Crippen molar-refractivity contribution in [3.05, 3.63) is 27.8 Å². The number of ketones is 1. The number of carbonyl (C=O) groups excluding carboxylic acids is 1. The summed E-state index contributed by atoms with van der Waals surface area (Å²) in [6, 6.07) is 1.92. The fourth-order valence-electron chi connectivity index (χ4n) is 3.12. The van der Waals surface area contributed by atoms with Crippen LogP contribution in [0.25, 0.3) is 0 Å². The van der Waals surface area contributed by atoms with E-state index in [-0.39, 0.29) is 11.7 Å². The number of ether oxygens (including phenoxy) is 1. The van der Waals surface area contributed by atoms with E-state index in [4.69, 9.17) is 16.3 Å². The van der Waals surface area contributed by atoms with Gasteiger partial charge in [-0.05, 0) is 50.3 Å². The maximum Gasteiger partial charge on any atom is 0.169 e. The minimum Gasteiger partial charge on any atom is -0.493 e. The number of hydrogen-bond donors (Lipinski definition) is 0. The van der Waals surface area contributed by atoms with E-state index >= 15 is 0 Å². The molecule has 0 bridgehead atoms. The third-order valence-corrected chi connectivity index (χ3v) is 4.91. The fourth-order valence-corrected chi connectivity index (χ4v) is 3.27. The first-order chi connectivity index (χ1) is 10.1. The molecule has 0 saturated heterocycles. The SMILES string of the molecule is CCCOc1cc(C)c(Cl)c(C)c1C(=O)C1CCCCC1. The van der Waals surface area contributed by atoms with Gasteiger partial charge in [-0.25, -0.2) is 0 Å². The van der Waals surface area contributed by atoms with E-state index in [1.165, 1.54) is 6.42 Å². The Morgan fingerprint density at radius 1 is 1.29 bits per heavy atom. The van der Waals surface area contributed by atoms with Crippen LogP contribution in [0.1, 0.15) is 66.9 Å². The molecule has 2 nitrogen and oxygen atoms in total. The zero-order chi connectivity index (χ0) is 15.4. The van der Waals surface area contributed by atoms with Gasteiger partial charge in [0.05, 0.1) is 12.2 Å². The molecular formula is C18H25ClO2. The molecule has 21 heavy (non-hydrogen) atoms. The summed E-state index contributed by atoms with van der Waals surface area (Å²) >= 11 is 6.36. The van der Waals surface area contributed by atoms with Crippen LogP contribution in [-0.4, -0.2) is 12.4 Å². The number of halogens is 1. The second kappa shape index (κ2) is 7.31. The van der Waals surface area contributed by atoms with Crippen LogP contribution in [0.15, 0.2) is 6.07 Å². The second-order valence-electron chi connectivity index (χ2n) is 6.05. The maximum absolute atomic E-state index is 12.9. The van der Waals surface area contributed by atoms with E-state index in [2.05, 4.69) is 6.92 Å². The summed E-state index contributed by atoms with van der Waals surface area (Å²) in [4.78, 5) is 12.9. The van der Waals surface area contributed by atoms with Crippen LogP contribution in [0.5, 0.6) is 5.75 Å². The van der Waals surface area contributed by atoms with Gasteiger partial charge < -0.3 is 4.74 Å². The molecule has 0 aliphatic heterocycles. The predicted octanol–water partition coefficient (Wildman–Crippen LogP) is 5.51. The molecule has 1 fully saturated rings. The van der Waals surface area contributed by atoms with Gasteiger partial charge in [0.2, 0.25) is 0 Å². The van der Waals surface area contributed by atoms with Gasteiger partial charge in [0, 0.05) is 10.9 Å². The van der Waals surface area contributed by atoms with E-state index in [0.29, 0.717) is 22.9 Å². The second-order valence-corrected chi connectivity index (χ2v) is 6.43. The molecule has 1 aliphatic carbocycles. The van der Waals surface area contributed by atoms with Crippen molar-refractivity contribution in [2.45, 2.75) is 59.3 Å². The highest BCUT2D eigenvalue weighted by Crippen LogP contribution is 2.36. The molecule has 0 heterocycles. The zero-order valence-corrected chi connectivity index (χ0v) is 14.1. The summed E-state index contributed by atoms with van der Waals surface area (Å²) < 4.78 is 5.84. The molecular weight excluding hydrogens is 284 g/mol. The van der Waals surface area contributed by atoms with Crippen molar-refractivity contribution in [3.63, 3.8) is 0 Å². The minimum atomic E-state index is 0.139. The first-order valence-corrected chi connectivity index (χ1v) is 8.40. The standard InChI is InChI=1S/C18H25ClO2/c1-4-10-21-15-11-12(2)17(19)13(3)16(15)18(20)14-8-6-5-7-9-14/h11,14H,4-10H2,1-3H3. The first kappa shape index (κ1) is 16.4. The van der Waals surface area contributed by atoms with E-state index in [1.807, 2.05) is 19.9 Å². The Labute approximate surface area is 132 Å². The monoisotopic (exact) mass is 308 g/mol. The summed E-state index contributed by atoms with van der Waals surface area (Å²) in [5.74, 6) is 1.08. The van der Waals surface area contributed by atoms with E-state index < -0.39 is 0 Å². The Balaban J connectivity index is 2.38. The Bertz CT molecular complexity index is 516. The average molecular weight is 309 g/mol. The number of Topliss-reactive ketones (excluding diaryl/α,β-unsaturated/α-hetero) is 1. The van der Waals surface area contributed by atoms with Crippen molar-refractivity contribution >= 4 is 17.4 Å². The Morgan fingerprint density at radius 3 is 2.57 bits per heavy atom. The van der Waals surface area contributed by atoms with E-state index in [0.717, 1.165) is 43.2 Å². The molecule has 0 N–H and O–H groups in total. The van der Waals surface area contributed by atoms with Crippen molar-refractivity contribution in [2.75, 3.05) is 6.61 Å². The molecule has 1 saturated carbocycles. The van der Waals surface area contributed by atoms with Crippen molar-refractivity contribution in [1.29, 1.82) is 0 Å². The van der Waals surface area contributed by atoms with E-state index in [9.17, 15) is 4.79 Å². The fraction of sp³-hybridized carbons (Fsp3) is 0.611. The van der Waals surface area contributed by atoms with Crippen molar-refractivity contribution < 1.29 is 9.53 Å². The molecule has 116 valence electrons. The number of rotatable bonds is 5. The van der Waals surface area contributed by atoms with Gasteiger partial charge in [-0.3, -0.25) is 4.79 Å². The van der Waals surface area contributed by atoms with Gasteiger partial charge in [0.15, 0.2) is 5.78 Å². The number of carbonyl (C=O) groups is 1. The lowest BCUT2D eigenvalue weighted by Crippen LogP contribution is -2.20. The molecule has 3 heteroatoms. The topological polar surface area (TPSA) is 26.3 Å². The molecule has 1 aromatic carbocycles. The summed E-state index contributed by atoms with van der Waals surface area (Å²) in [5, 5.41) is 0.693. The summed E-state index contributed by atoms with van der Waals surface area (Å²) in [6.45, 7) is 6.59. The molecule has 0 radical (unpaired) electrons. The zero-order valence-electron chi connectivity index (χ0n) is 13.3. The average Bonchev–Trinajstić information content (AvgIpc) is 2.51. The lowest BCUT2D eigenvalue weighted by molar-refractivity contribution is 0.0884. The highest BCUT2D eigenvalue weighted by Gasteiger charge is 2.27. The lowest BCUT2D eigenvalue weighted by atomic mass is 9.82. The number of hydrogen-bond acceptors (Lipinski definition) is 2. The van der Waals surface area contributed by atoms with Crippen LogP contribution in [0.2, 0.25) is 5.02 Å². The number of benzene rings is 1. The first-order valence-electron chi connectivity index (χ1n) is 8.03. The molecule has 1 aromatic rings.